The molecule has 1 aromatic heterocycles. The van der Waals surface area contributed by atoms with E-state index < -0.39 is 0 Å². The number of benzene rings is 1. The van der Waals surface area contributed by atoms with Crippen molar-refractivity contribution in [1.82, 2.24) is 9.97 Å². The van der Waals surface area contributed by atoms with E-state index in [1.165, 1.54) is 25.7 Å². The first-order valence-corrected chi connectivity index (χ1v) is 9.18. The Balaban J connectivity index is 1.74. The topological polar surface area (TPSA) is 66.9 Å². The monoisotopic (exact) mass is 358 g/mol. The summed E-state index contributed by atoms with van der Waals surface area (Å²) >= 11 is 6.10. The average Bonchev–Trinajstić information content (AvgIpc) is 2.85. The molecule has 0 unspecified atom stereocenters. The highest BCUT2D eigenvalue weighted by atomic mass is 35.5. The smallest absolute Gasteiger partial charge is 0.274 e. The lowest BCUT2D eigenvalue weighted by atomic mass is 10.1. The molecule has 1 heterocycles. The van der Waals surface area contributed by atoms with Crippen molar-refractivity contribution in [3.63, 3.8) is 0 Å². The molecule has 0 bridgehead atoms. The number of carbonyl (C=O) groups is 1. The molecule has 3 rings (SSSR count). The summed E-state index contributed by atoms with van der Waals surface area (Å²) < 4.78 is 0. The predicted octanol–water partition coefficient (Wildman–Crippen LogP) is 4.83. The zero-order valence-electron chi connectivity index (χ0n) is 14.4. The largest absolute Gasteiger partial charge is 0.351 e. The summed E-state index contributed by atoms with van der Waals surface area (Å²) in [6.07, 6.45) is 7.28. The van der Waals surface area contributed by atoms with E-state index >= 15 is 0 Å². The van der Waals surface area contributed by atoms with Crippen molar-refractivity contribution in [1.29, 1.82) is 0 Å². The Bertz CT molecular complexity index is 742. The minimum Gasteiger partial charge on any atom is -0.351 e. The van der Waals surface area contributed by atoms with Gasteiger partial charge in [-0.2, -0.15) is 0 Å². The van der Waals surface area contributed by atoms with Crippen LogP contribution in [0.25, 0.3) is 0 Å². The van der Waals surface area contributed by atoms with Crippen molar-refractivity contribution in [2.24, 2.45) is 0 Å². The summed E-state index contributed by atoms with van der Waals surface area (Å²) in [7, 11) is 0. The van der Waals surface area contributed by atoms with Gasteiger partial charge in [-0.15, -0.1) is 0 Å². The average molecular weight is 359 g/mol. The van der Waals surface area contributed by atoms with Crippen molar-refractivity contribution < 1.29 is 4.79 Å². The second-order valence-corrected chi connectivity index (χ2v) is 6.89. The number of rotatable bonds is 4. The first kappa shape index (κ1) is 17.7. The first-order valence-electron chi connectivity index (χ1n) is 8.80. The fourth-order valence-corrected chi connectivity index (χ4v) is 3.29. The van der Waals surface area contributed by atoms with Gasteiger partial charge in [0.05, 0.1) is 10.7 Å². The molecule has 0 aliphatic heterocycles. The van der Waals surface area contributed by atoms with Crippen LogP contribution in [0, 0.1) is 6.92 Å². The highest BCUT2D eigenvalue weighted by Gasteiger charge is 2.16. The molecule has 1 aliphatic rings. The van der Waals surface area contributed by atoms with Gasteiger partial charge in [-0.05, 0) is 38.0 Å². The highest BCUT2D eigenvalue weighted by Crippen LogP contribution is 2.22. The molecule has 1 fully saturated rings. The van der Waals surface area contributed by atoms with E-state index in [0.29, 0.717) is 28.4 Å². The Kier molecular flexibility index (Phi) is 5.87. The second-order valence-electron chi connectivity index (χ2n) is 6.48. The van der Waals surface area contributed by atoms with Gasteiger partial charge in [-0.3, -0.25) is 4.79 Å². The van der Waals surface area contributed by atoms with Crippen LogP contribution in [0.4, 0.5) is 11.6 Å². The van der Waals surface area contributed by atoms with Gasteiger partial charge in [0.15, 0.2) is 0 Å². The lowest BCUT2D eigenvalue weighted by Crippen LogP contribution is -2.22. The maximum Gasteiger partial charge on any atom is 0.274 e. The minimum absolute atomic E-state index is 0.289. The van der Waals surface area contributed by atoms with E-state index in [1.807, 2.05) is 19.1 Å². The van der Waals surface area contributed by atoms with Crippen molar-refractivity contribution in [3.05, 3.63) is 46.7 Å². The van der Waals surface area contributed by atoms with Crippen LogP contribution in [0.5, 0.6) is 0 Å². The summed E-state index contributed by atoms with van der Waals surface area (Å²) in [5.74, 6) is 0.235. The normalized spacial score (nSPS) is 15.4. The Morgan fingerprint density at radius 1 is 1.12 bits per heavy atom. The van der Waals surface area contributed by atoms with Crippen LogP contribution in [0.15, 0.2) is 30.3 Å². The molecule has 0 atom stereocenters. The van der Waals surface area contributed by atoms with Crippen molar-refractivity contribution in [3.8, 4) is 0 Å². The van der Waals surface area contributed by atoms with Gasteiger partial charge in [-0.25, -0.2) is 9.97 Å². The van der Waals surface area contributed by atoms with Gasteiger partial charge in [0.1, 0.15) is 5.69 Å². The number of anilines is 2. The minimum atomic E-state index is -0.289. The Labute approximate surface area is 153 Å². The highest BCUT2D eigenvalue weighted by molar-refractivity contribution is 6.33. The van der Waals surface area contributed by atoms with E-state index in [-0.39, 0.29) is 5.91 Å². The van der Waals surface area contributed by atoms with Crippen LogP contribution in [0.2, 0.25) is 5.02 Å². The van der Waals surface area contributed by atoms with Crippen molar-refractivity contribution in [2.75, 3.05) is 10.6 Å². The summed E-state index contributed by atoms with van der Waals surface area (Å²) in [6, 6.07) is 9.21. The number of hydrogen-bond acceptors (Lipinski definition) is 4. The van der Waals surface area contributed by atoms with Crippen LogP contribution < -0.4 is 10.6 Å². The number of carbonyl (C=O) groups excluding carboxylic acids is 1. The third kappa shape index (κ3) is 4.92. The van der Waals surface area contributed by atoms with Crippen LogP contribution in [-0.4, -0.2) is 21.9 Å². The van der Waals surface area contributed by atoms with Crippen LogP contribution >= 0.6 is 11.6 Å². The first-order chi connectivity index (χ1) is 12.1. The maximum absolute atomic E-state index is 12.5. The Morgan fingerprint density at radius 2 is 1.84 bits per heavy atom. The molecule has 2 N–H and O–H groups in total. The van der Waals surface area contributed by atoms with E-state index in [1.54, 1.807) is 18.2 Å². The number of hydrogen-bond donors (Lipinski definition) is 2. The maximum atomic E-state index is 12.5. The van der Waals surface area contributed by atoms with Crippen molar-refractivity contribution >= 4 is 29.1 Å². The summed E-state index contributed by atoms with van der Waals surface area (Å²) in [4.78, 5) is 21.4. The van der Waals surface area contributed by atoms with Gasteiger partial charge in [0, 0.05) is 11.7 Å². The molecule has 2 aromatic rings. The summed E-state index contributed by atoms with van der Waals surface area (Å²) in [6.45, 7) is 1.87. The van der Waals surface area contributed by atoms with Gasteiger partial charge < -0.3 is 10.6 Å². The Hall–Kier alpha value is -2.14. The molecule has 1 aliphatic carbocycles. The molecule has 0 radical (unpaired) electrons. The fourth-order valence-electron chi connectivity index (χ4n) is 3.10. The number of nitrogens with zero attached hydrogens (tertiary/aromatic N) is 2. The van der Waals surface area contributed by atoms with Gasteiger partial charge >= 0.3 is 0 Å². The van der Waals surface area contributed by atoms with Gasteiger partial charge in [-0.1, -0.05) is 49.4 Å². The molecule has 132 valence electrons. The van der Waals surface area contributed by atoms with E-state index in [2.05, 4.69) is 20.6 Å². The van der Waals surface area contributed by atoms with Gasteiger partial charge in [0.25, 0.3) is 5.91 Å². The number of aryl methyl sites for hydroxylation is 1. The Morgan fingerprint density at radius 3 is 2.56 bits per heavy atom. The van der Waals surface area contributed by atoms with E-state index in [0.717, 1.165) is 18.5 Å². The van der Waals surface area contributed by atoms with Crippen LogP contribution in [-0.2, 0) is 0 Å². The second kappa shape index (κ2) is 8.30. The number of nitrogens with one attached hydrogen (secondary N) is 2. The molecule has 6 heteroatoms. The third-order valence-electron chi connectivity index (χ3n) is 4.40. The zero-order chi connectivity index (χ0) is 17.6. The molecule has 1 saturated carbocycles. The summed E-state index contributed by atoms with van der Waals surface area (Å²) in [5, 5.41) is 6.71. The quantitative estimate of drug-likeness (QED) is 0.768. The third-order valence-corrected chi connectivity index (χ3v) is 4.73. The number of aromatic nitrogens is 2. The summed E-state index contributed by atoms with van der Waals surface area (Å²) in [5.41, 5.74) is 1.67. The molecule has 25 heavy (non-hydrogen) atoms. The zero-order valence-corrected chi connectivity index (χ0v) is 15.1. The molecular weight excluding hydrogens is 336 g/mol. The van der Waals surface area contributed by atoms with E-state index in [9.17, 15) is 4.79 Å². The standard InChI is InChI=1S/C19H23ClN4O/c1-13-12-17(18(25)23-16-11-7-6-10-15(16)20)24-19(21-13)22-14-8-4-2-3-5-9-14/h6-7,10-12,14H,2-5,8-9H2,1H3,(H,23,25)(H,21,22,24). The van der Waals surface area contributed by atoms with Crippen LogP contribution in [0.3, 0.4) is 0 Å². The van der Waals surface area contributed by atoms with E-state index in [4.69, 9.17) is 11.6 Å². The fraction of sp³-hybridized carbons (Fsp3) is 0.421. The lowest BCUT2D eigenvalue weighted by Gasteiger charge is -2.17. The molecule has 1 aromatic carbocycles. The van der Waals surface area contributed by atoms with Crippen LogP contribution in [0.1, 0.15) is 54.7 Å². The number of para-hydroxylation sites is 1. The predicted molar refractivity (Wildman–Crippen MR) is 101 cm³/mol. The van der Waals surface area contributed by atoms with Gasteiger partial charge in [0.2, 0.25) is 5.95 Å². The van der Waals surface area contributed by atoms with Crippen molar-refractivity contribution in [2.45, 2.75) is 51.5 Å². The molecule has 0 spiro atoms. The molecule has 1 amide bonds. The number of amides is 1. The SMILES string of the molecule is Cc1cc(C(=O)Nc2ccccc2Cl)nc(NC2CCCCCC2)n1. The molecule has 5 nitrogen and oxygen atoms in total. The molecular formula is C19H23ClN4O. The lowest BCUT2D eigenvalue weighted by molar-refractivity contribution is 0.102. The number of halogens is 1. The molecule has 0 saturated heterocycles.